The Bertz CT molecular complexity index is 601. The van der Waals surface area contributed by atoms with Gasteiger partial charge >= 0.3 is 6.09 Å². The number of carbonyl (C=O) groups is 2. The zero-order valence-corrected chi connectivity index (χ0v) is 11.2. The van der Waals surface area contributed by atoms with E-state index in [0.717, 1.165) is 11.3 Å². The minimum Gasteiger partial charge on any atom is -0.432 e. The predicted octanol–water partition coefficient (Wildman–Crippen LogP) is 2.25. The number of anilines is 1. The molecule has 0 N–H and O–H groups in total. The summed E-state index contributed by atoms with van der Waals surface area (Å²) in [6, 6.07) is 8.90. The monoisotopic (exact) mass is 273 g/mol. The number of amides is 2. The third kappa shape index (κ3) is 1.47. The van der Waals surface area contributed by atoms with Crippen LogP contribution < -0.4 is 4.90 Å². The van der Waals surface area contributed by atoms with E-state index in [9.17, 15) is 9.59 Å². The normalized spacial score (nSPS) is 38.9. The van der Waals surface area contributed by atoms with Crippen LogP contribution in [0.3, 0.4) is 0 Å². The summed E-state index contributed by atoms with van der Waals surface area (Å²) in [6.45, 7) is 2.04. The van der Waals surface area contributed by atoms with Gasteiger partial charge in [-0.15, -0.1) is 0 Å². The number of fused-ring (bicyclic) bond motifs is 1. The minimum atomic E-state index is -1.02. The van der Waals surface area contributed by atoms with Gasteiger partial charge in [-0.25, -0.2) is 9.69 Å². The Balaban J connectivity index is 1.66. The summed E-state index contributed by atoms with van der Waals surface area (Å²) in [4.78, 5) is 25.9. The topological polar surface area (TPSA) is 59.1 Å². The highest BCUT2D eigenvalue weighted by molar-refractivity contribution is 6.20. The summed E-state index contributed by atoms with van der Waals surface area (Å²) < 4.78 is 11.1. The molecule has 3 fully saturated rings. The Morgan fingerprint density at radius 1 is 1.20 bits per heavy atom. The largest absolute Gasteiger partial charge is 0.432 e. The van der Waals surface area contributed by atoms with Crippen LogP contribution in [0.4, 0.5) is 10.5 Å². The van der Waals surface area contributed by atoms with Crippen LogP contribution in [0.15, 0.2) is 30.3 Å². The lowest BCUT2D eigenvalue weighted by molar-refractivity contribution is -0.132. The van der Waals surface area contributed by atoms with Gasteiger partial charge in [0, 0.05) is 6.42 Å². The molecule has 3 unspecified atom stereocenters. The molecule has 0 bridgehead atoms. The van der Waals surface area contributed by atoms with Crippen LogP contribution in [0, 0.1) is 0 Å². The second-order valence-corrected chi connectivity index (χ2v) is 5.96. The van der Waals surface area contributed by atoms with Crippen molar-refractivity contribution >= 4 is 17.7 Å². The number of ether oxygens (including phenoxy) is 2. The van der Waals surface area contributed by atoms with Crippen molar-refractivity contribution < 1.29 is 19.1 Å². The van der Waals surface area contributed by atoms with Crippen molar-refractivity contribution in [2.75, 3.05) is 4.90 Å². The maximum absolute atomic E-state index is 12.7. The average Bonchev–Trinajstić information content (AvgIpc) is 3.03. The van der Waals surface area contributed by atoms with Crippen LogP contribution in [0.5, 0.6) is 0 Å². The molecule has 2 aliphatic heterocycles. The van der Waals surface area contributed by atoms with Gasteiger partial charge in [0.1, 0.15) is 0 Å². The highest BCUT2D eigenvalue weighted by Crippen LogP contribution is 2.53. The molecule has 20 heavy (non-hydrogen) atoms. The summed E-state index contributed by atoms with van der Waals surface area (Å²) in [5, 5.41) is 0. The number of para-hydroxylation sites is 1. The van der Waals surface area contributed by atoms with E-state index in [-0.39, 0.29) is 17.6 Å². The Hall–Kier alpha value is -1.88. The Morgan fingerprint density at radius 3 is 2.65 bits per heavy atom. The first-order valence-electron chi connectivity index (χ1n) is 6.85. The van der Waals surface area contributed by atoms with Crippen molar-refractivity contribution in [2.24, 2.45) is 0 Å². The van der Waals surface area contributed by atoms with E-state index in [0.29, 0.717) is 18.5 Å². The molecule has 5 heteroatoms. The van der Waals surface area contributed by atoms with Crippen LogP contribution in [0.2, 0.25) is 0 Å². The van der Waals surface area contributed by atoms with Crippen molar-refractivity contribution in [3.8, 4) is 0 Å². The summed E-state index contributed by atoms with van der Waals surface area (Å²) in [6.07, 6.45) is 1.21. The zero-order chi connectivity index (χ0) is 14.0. The molecule has 1 saturated carbocycles. The van der Waals surface area contributed by atoms with Gasteiger partial charge in [0.2, 0.25) is 0 Å². The SMILES string of the molecule is CC12CCC3(CC1O2)OC(=O)N(c1ccccc1)C3=O. The maximum Gasteiger partial charge on any atom is 0.422 e. The summed E-state index contributed by atoms with van der Waals surface area (Å²) in [5.74, 6) is -0.258. The fourth-order valence-corrected chi connectivity index (χ4v) is 3.25. The highest BCUT2D eigenvalue weighted by atomic mass is 16.6. The lowest BCUT2D eigenvalue weighted by Crippen LogP contribution is -2.46. The zero-order valence-electron chi connectivity index (χ0n) is 11.2. The van der Waals surface area contributed by atoms with E-state index in [2.05, 4.69) is 0 Å². The number of nitrogens with zero attached hydrogens (tertiary/aromatic N) is 1. The lowest BCUT2D eigenvalue weighted by atomic mass is 9.79. The van der Waals surface area contributed by atoms with Gasteiger partial charge in [0.05, 0.1) is 17.4 Å². The van der Waals surface area contributed by atoms with E-state index >= 15 is 0 Å². The maximum atomic E-state index is 12.7. The van der Waals surface area contributed by atoms with E-state index in [4.69, 9.17) is 9.47 Å². The van der Waals surface area contributed by atoms with Gasteiger partial charge in [-0.05, 0) is 31.9 Å². The predicted molar refractivity (Wildman–Crippen MR) is 70.3 cm³/mol. The number of benzene rings is 1. The molecule has 0 radical (unpaired) electrons. The molecular weight excluding hydrogens is 258 g/mol. The van der Waals surface area contributed by atoms with Crippen LogP contribution in [0.25, 0.3) is 0 Å². The number of carbonyl (C=O) groups excluding carboxylic acids is 2. The third-order valence-corrected chi connectivity index (χ3v) is 4.65. The molecule has 3 atom stereocenters. The number of epoxide rings is 1. The first-order valence-corrected chi connectivity index (χ1v) is 6.85. The van der Waals surface area contributed by atoms with Gasteiger partial charge in [-0.3, -0.25) is 4.79 Å². The number of hydrogen-bond donors (Lipinski definition) is 0. The second kappa shape index (κ2) is 3.61. The van der Waals surface area contributed by atoms with Gasteiger partial charge in [0.25, 0.3) is 5.91 Å². The molecule has 2 heterocycles. The quantitative estimate of drug-likeness (QED) is 0.736. The highest BCUT2D eigenvalue weighted by Gasteiger charge is 2.66. The van der Waals surface area contributed by atoms with Gasteiger partial charge in [-0.2, -0.15) is 0 Å². The van der Waals surface area contributed by atoms with Crippen LogP contribution in [-0.2, 0) is 14.3 Å². The van der Waals surface area contributed by atoms with Gasteiger partial charge in [-0.1, -0.05) is 18.2 Å². The number of hydrogen-bond acceptors (Lipinski definition) is 4. The van der Waals surface area contributed by atoms with Crippen molar-refractivity contribution in [3.05, 3.63) is 30.3 Å². The molecule has 1 spiro atoms. The van der Waals surface area contributed by atoms with Crippen molar-refractivity contribution in [3.63, 3.8) is 0 Å². The summed E-state index contributed by atoms with van der Waals surface area (Å²) in [5.41, 5.74) is -0.574. The van der Waals surface area contributed by atoms with E-state index in [1.165, 1.54) is 0 Å². The Morgan fingerprint density at radius 2 is 1.95 bits per heavy atom. The van der Waals surface area contributed by atoms with Crippen LogP contribution in [0.1, 0.15) is 26.2 Å². The molecule has 4 rings (SSSR count). The molecule has 104 valence electrons. The van der Waals surface area contributed by atoms with Gasteiger partial charge < -0.3 is 9.47 Å². The minimum absolute atomic E-state index is 0.0312. The fraction of sp³-hybridized carbons (Fsp3) is 0.467. The van der Waals surface area contributed by atoms with Crippen molar-refractivity contribution in [2.45, 2.75) is 43.5 Å². The third-order valence-electron chi connectivity index (χ3n) is 4.65. The van der Waals surface area contributed by atoms with Gasteiger partial charge in [0.15, 0.2) is 5.60 Å². The number of rotatable bonds is 1. The molecule has 2 saturated heterocycles. The Labute approximate surface area is 116 Å². The number of imide groups is 1. The first kappa shape index (κ1) is 11.9. The van der Waals surface area contributed by atoms with E-state index in [1.807, 2.05) is 13.0 Å². The van der Waals surface area contributed by atoms with Crippen molar-refractivity contribution in [1.82, 2.24) is 0 Å². The van der Waals surface area contributed by atoms with E-state index in [1.54, 1.807) is 24.3 Å². The van der Waals surface area contributed by atoms with E-state index < -0.39 is 11.7 Å². The average molecular weight is 273 g/mol. The fourth-order valence-electron chi connectivity index (χ4n) is 3.25. The Kier molecular flexibility index (Phi) is 2.15. The molecule has 1 aliphatic carbocycles. The van der Waals surface area contributed by atoms with Crippen LogP contribution in [-0.4, -0.2) is 29.3 Å². The molecule has 3 aliphatic rings. The summed E-state index contributed by atoms with van der Waals surface area (Å²) >= 11 is 0. The van der Waals surface area contributed by atoms with Crippen molar-refractivity contribution in [1.29, 1.82) is 0 Å². The van der Waals surface area contributed by atoms with Crippen LogP contribution >= 0.6 is 0 Å². The molecular formula is C15H15NO4. The molecule has 1 aromatic rings. The lowest BCUT2D eigenvalue weighted by Gasteiger charge is -2.28. The molecule has 2 amide bonds. The molecule has 1 aromatic carbocycles. The second-order valence-electron chi connectivity index (χ2n) is 5.96. The molecule has 5 nitrogen and oxygen atoms in total. The summed E-state index contributed by atoms with van der Waals surface area (Å²) in [7, 11) is 0. The molecule has 0 aromatic heterocycles. The standard InChI is InChI=1S/C15H15NO4/c1-14-7-8-15(9-11(14)19-14)12(17)16(13(18)20-15)10-5-3-2-4-6-10/h2-6,11H,7-9H2,1H3. The first-order chi connectivity index (χ1) is 9.54. The smallest absolute Gasteiger partial charge is 0.422 e.